The smallest absolute Gasteiger partial charge is 0.191 e. The Labute approximate surface area is 164 Å². The van der Waals surface area contributed by atoms with Gasteiger partial charge in [0.1, 0.15) is 5.60 Å². The molecule has 0 aliphatic heterocycles. The van der Waals surface area contributed by atoms with Crippen molar-refractivity contribution in [3.8, 4) is 0 Å². The SMILES string of the molecule is CCNC(=NCc1cccc(C)n1)NCC(C)(O)c1ccsc1.I. The van der Waals surface area contributed by atoms with Gasteiger partial charge in [-0.15, -0.1) is 24.0 Å². The standard InChI is InChI=1S/C17H24N4OS.HI/c1-4-18-16(19-10-15-7-5-6-13(2)21-15)20-12-17(3,22)14-8-9-23-11-14;/h5-9,11,22H,4,10,12H2,1-3H3,(H2,18,19,20);1H. The van der Waals surface area contributed by atoms with E-state index in [2.05, 4.69) is 20.6 Å². The van der Waals surface area contributed by atoms with Crippen LogP contribution in [0, 0.1) is 6.92 Å². The third kappa shape index (κ3) is 6.37. The van der Waals surface area contributed by atoms with E-state index < -0.39 is 5.60 Å². The zero-order chi connectivity index (χ0) is 16.7. The van der Waals surface area contributed by atoms with Crippen LogP contribution in [0.25, 0.3) is 0 Å². The Kier molecular flexibility index (Phi) is 8.65. The van der Waals surface area contributed by atoms with Crippen molar-refractivity contribution < 1.29 is 5.11 Å². The molecule has 0 saturated heterocycles. The zero-order valence-electron chi connectivity index (χ0n) is 14.2. The zero-order valence-corrected chi connectivity index (χ0v) is 17.4. The second kappa shape index (κ2) is 9.95. The van der Waals surface area contributed by atoms with Gasteiger partial charge in [0.15, 0.2) is 5.96 Å². The van der Waals surface area contributed by atoms with Crippen LogP contribution in [0.1, 0.15) is 30.8 Å². The van der Waals surface area contributed by atoms with E-state index in [9.17, 15) is 5.11 Å². The number of nitrogens with zero attached hydrogens (tertiary/aromatic N) is 2. The predicted octanol–water partition coefficient (Wildman–Crippen LogP) is 3.03. The monoisotopic (exact) mass is 460 g/mol. The van der Waals surface area contributed by atoms with Crippen LogP contribution >= 0.6 is 35.3 Å². The average Bonchev–Trinajstić information content (AvgIpc) is 3.05. The highest BCUT2D eigenvalue weighted by atomic mass is 127. The number of hydrogen-bond donors (Lipinski definition) is 3. The summed E-state index contributed by atoms with van der Waals surface area (Å²) in [5, 5.41) is 20.9. The van der Waals surface area contributed by atoms with Gasteiger partial charge in [-0.1, -0.05) is 6.07 Å². The molecule has 2 rings (SSSR count). The Morgan fingerprint density at radius 3 is 2.75 bits per heavy atom. The molecule has 5 nitrogen and oxygen atoms in total. The summed E-state index contributed by atoms with van der Waals surface area (Å²) in [6.45, 7) is 7.42. The Bertz CT molecular complexity index is 644. The van der Waals surface area contributed by atoms with E-state index in [0.717, 1.165) is 23.5 Å². The van der Waals surface area contributed by atoms with Crippen molar-refractivity contribution in [1.82, 2.24) is 15.6 Å². The van der Waals surface area contributed by atoms with Crippen LogP contribution < -0.4 is 10.6 Å². The van der Waals surface area contributed by atoms with Crippen molar-refractivity contribution in [2.24, 2.45) is 4.99 Å². The van der Waals surface area contributed by atoms with Crippen LogP contribution in [-0.4, -0.2) is 29.1 Å². The molecule has 24 heavy (non-hydrogen) atoms. The van der Waals surface area contributed by atoms with E-state index in [0.29, 0.717) is 19.0 Å². The summed E-state index contributed by atoms with van der Waals surface area (Å²) in [5.41, 5.74) is 1.88. The molecule has 1 unspecified atom stereocenters. The maximum absolute atomic E-state index is 10.6. The molecule has 0 bridgehead atoms. The molecule has 0 aliphatic carbocycles. The molecule has 2 aromatic heterocycles. The fraction of sp³-hybridized carbons (Fsp3) is 0.412. The molecule has 0 fully saturated rings. The van der Waals surface area contributed by atoms with Crippen molar-refractivity contribution in [2.45, 2.75) is 32.9 Å². The lowest BCUT2D eigenvalue weighted by molar-refractivity contribution is 0.0621. The number of aliphatic imine (C=N–C) groups is 1. The third-order valence-electron chi connectivity index (χ3n) is 3.43. The van der Waals surface area contributed by atoms with E-state index in [1.165, 1.54) is 0 Å². The summed E-state index contributed by atoms with van der Waals surface area (Å²) in [6.07, 6.45) is 0. The molecule has 7 heteroatoms. The number of aryl methyl sites for hydroxylation is 1. The van der Waals surface area contributed by atoms with Gasteiger partial charge in [-0.05, 0) is 55.3 Å². The first-order chi connectivity index (χ1) is 11.0. The van der Waals surface area contributed by atoms with Gasteiger partial charge in [-0.2, -0.15) is 11.3 Å². The van der Waals surface area contributed by atoms with E-state index >= 15 is 0 Å². The molecule has 0 aliphatic rings. The normalized spacial score (nSPS) is 13.8. The van der Waals surface area contributed by atoms with Crippen LogP contribution in [0.3, 0.4) is 0 Å². The summed E-state index contributed by atoms with van der Waals surface area (Å²) in [5.74, 6) is 0.673. The highest BCUT2D eigenvalue weighted by molar-refractivity contribution is 14.0. The summed E-state index contributed by atoms with van der Waals surface area (Å²) in [7, 11) is 0. The number of hydrogen-bond acceptors (Lipinski definition) is 4. The molecule has 0 aromatic carbocycles. The van der Waals surface area contributed by atoms with E-state index in [1.54, 1.807) is 18.3 Å². The molecule has 0 saturated carbocycles. The second-order valence-electron chi connectivity index (χ2n) is 5.60. The lowest BCUT2D eigenvalue weighted by Crippen LogP contribution is -2.44. The Morgan fingerprint density at radius 2 is 2.12 bits per heavy atom. The Morgan fingerprint density at radius 1 is 1.33 bits per heavy atom. The van der Waals surface area contributed by atoms with E-state index in [4.69, 9.17) is 0 Å². The molecular weight excluding hydrogens is 435 g/mol. The third-order valence-corrected chi connectivity index (χ3v) is 4.12. The number of pyridine rings is 1. The molecule has 132 valence electrons. The Hall–Kier alpha value is -1.19. The first kappa shape index (κ1) is 20.9. The lowest BCUT2D eigenvalue weighted by atomic mass is 9.99. The van der Waals surface area contributed by atoms with Crippen LogP contribution in [-0.2, 0) is 12.1 Å². The first-order valence-electron chi connectivity index (χ1n) is 7.71. The summed E-state index contributed by atoms with van der Waals surface area (Å²) < 4.78 is 0. The van der Waals surface area contributed by atoms with Gasteiger partial charge in [0.25, 0.3) is 0 Å². The van der Waals surface area contributed by atoms with Gasteiger partial charge in [-0.25, -0.2) is 4.99 Å². The van der Waals surface area contributed by atoms with Crippen LogP contribution in [0.15, 0.2) is 40.0 Å². The highest BCUT2D eigenvalue weighted by Crippen LogP contribution is 2.21. The van der Waals surface area contributed by atoms with Gasteiger partial charge in [0.2, 0.25) is 0 Å². The van der Waals surface area contributed by atoms with Crippen LogP contribution in [0.2, 0.25) is 0 Å². The summed E-state index contributed by atoms with van der Waals surface area (Å²) in [6, 6.07) is 7.85. The number of guanidine groups is 1. The largest absolute Gasteiger partial charge is 0.384 e. The minimum Gasteiger partial charge on any atom is -0.384 e. The van der Waals surface area contributed by atoms with Gasteiger partial charge in [0, 0.05) is 12.2 Å². The molecule has 0 radical (unpaired) electrons. The van der Waals surface area contributed by atoms with Gasteiger partial charge >= 0.3 is 0 Å². The van der Waals surface area contributed by atoms with E-state index in [-0.39, 0.29) is 24.0 Å². The van der Waals surface area contributed by atoms with Crippen molar-refractivity contribution >= 4 is 41.3 Å². The quantitative estimate of drug-likeness (QED) is 0.352. The molecule has 3 N–H and O–H groups in total. The fourth-order valence-electron chi connectivity index (χ4n) is 2.12. The van der Waals surface area contributed by atoms with Gasteiger partial charge < -0.3 is 15.7 Å². The van der Waals surface area contributed by atoms with Gasteiger partial charge in [0.05, 0.1) is 18.8 Å². The minimum absolute atomic E-state index is 0. The molecule has 0 spiro atoms. The highest BCUT2D eigenvalue weighted by Gasteiger charge is 2.23. The van der Waals surface area contributed by atoms with Crippen molar-refractivity contribution in [2.75, 3.05) is 13.1 Å². The molecule has 2 aromatic rings. The molecule has 1 atom stereocenters. The van der Waals surface area contributed by atoms with Crippen molar-refractivity contribution in [3.05, 3.63) is 52.0 Å². The Balaban J connectivity index is 0.00000288. The topological polar surface area (TPSA) is 69.5 Å². The average molecular weight is 460 g/mol. The number of aromatic nitrogens is 1. The van der Waals surface area contributed by atoms with Crippen LogP contribution in [0.5, 0.6) is 0 Å². The van der Waals surface area contributed by atoms with Crippen molar-refractivity contribution in [1.29, 1.82) is 0 Å². The maximum atomic E-state index is 10.6. The molecule has 0 amide bonds. The van der Waals surface area contributed by atoms with Crippen molar-refractivity contribution in [3.63, 3.8) is 0 Å². The van der Waals surface area contributed by atoms with Gasteiger partial charge in [-0.3, -0.25) is 4.98 Å². The molecule has 2 heterocycles. The maximum Gasteiger partial charge on any atom is 0.191 e. The summed E-state index contributed by atoms with van der Waals surface area (Å²) in [4.78, 5) is 8.98. The number of nitrogens with one attached hydrogen (secondary N) is 2. The predicted molar refractivity (Wildman–Crippen MR) is 111 cm³/mol. The lowest BCUT2D eigenvalue weighted by Gasteiger charge is -2.24. The first-order valence-corrected chi connectivity index (χ1v) is 8.65. The van der Waals surface area contributed by atoms with Crippen LogP contribution in [0.4, 0.5) is 0 Å². The number of halogens is 1. The summed E-state index contributed by atoms with van der Waals surface area (Å²) >= 11 is 1.58. The number of rotatable bonds is 6. The minimum atomic E-state index is -0.933. The fourth-order valence-corrected chi connectivity index (χ4v) is 2.90. The number of aliphatic hydroxyl groups is 1. The molecular formula is C17H25IN4OS. The number of thiophene rings is 1. The second-order valence-corrected chi connectivity index (χ2v) is 6.38. The van der Waals surface area contributed by atoms with E-state index in [1.807, 2.05) is 48.9 Å².